The molecule has 4 rings (SSSR count). The summed E-state index contributed by atoms with van der Waals surface area (Å²) in [6.45, 7) is 2.74. The smallest absolute Gasteiger partial charge is 0.272 e. The van der Waals surface area contributed by atoms with Crippen molar-refractivity contribution in [2.45, 2.75) is 12.8 Å². The number of hydrogen-bond donors (Lipinski definition) is 3. The van der Waals surface area contributed by atoms with Gasteiger partial charge >= 0.3 is 0 Å². The van der Waals surface area contributed by atoms with Gasteiger partial charge in [-0.3, -0.25) is 19.6 Å². The zero-order valence-corrected chi connectivity index (χ0v) is 16.2. The SMILES string of the molecule is O=C(CN1CCC(CNC(=O)c2n[nH]c3ccccc23)CC1)Nc1ccccc1. The molecular formula is C22H25N5O2. The second-order valence-electron chi connectivity index (χ2n) is 7.46. The van der Waals surface area contributed by atoms with Gasteiger partial charge < -0.3 is 10.6 Å². The molecular weight excluding hydrogens is 366 g/mol. The molecule has 1 saturated heterocycles. The van der Waals surface area contributed by atoms with E-state index in [0.29, 0.717) is 24.7 Å². The first kappa shape index (κ1) is 19.1. The highest BCUT2D eigenvalue weighted by Crippen LogP contribution is 2.18. The standard InChI is InChI=1S/C22H25N5O2/c28-20(24-17-6-2-1-3-7-17)15-27-12-10-16(11-13-27)14-23-22(29)21-18-8-4-5-9-19(18)25-26-21/h1-9,16H,10-15H2,(H,23,29)(H,24,28)(H,25,26). The molecule has 0 atom stereocenters. The maximum absolute atomic E-state index is 12.5. The predicted octanol–water partition coefficient (Wildman–Crippen LogP) is 2.64. The highest BCUT2D eigenvalue weighted by molar-refractivity contribution is 6.04. The first-order chi connectivity index (χ1) is 14.2. The van der Waals surface area contributed by atoms with Crippen molar-refractivity contribution < 1.29 is 9.59 Å². The van der Waals surface area contributed by atoms with Gasteiger partial charge in [0.25, 0.3) is 5.91 Å². The van der Waals surface area contributed by atoms with Crippen LogP contribution in [0.5, 0.6) is 0 Å². The van der Waals surface area contributed by atoms with Gasteiger partial charge in [-0.2, -0.15) is 5.10 Å². The van der Waals surface area contributed by atoms with Crippen molar-refractivity contribution in [3.8, 4) is 0 Å². The number of amides is 2. The highest BCUT2D eigenvalue weighted by atomic mass is 16.2. The molecule has 0 spiro atoms. The lowest BCUT2D eigenvalue weighted by molar-refractivity contribution is -0.117. The number of hydrogen-bond acceptors (Lipinski definition) is 4. The van der Waals surface area contributed by atoms with Crippen molar-refractivity contribution in [1.82, 2.24) is 20.4 Å². The first-order valence-electron chi connectivity index (χ1n) is 9.97. The van der Waals surface area contributed by atoms with E-state index in [1.165, 1.54) is 0 Å². The molecule has 29 heavy (non-hydrogen) atoms. The van der Waals surface area contributed by atoms with E-state index in [1.807, 2.05) is 54.6 Å². The summed E-state index contributed by atoms with van der Waals surface area (Å²) in [6.07, 6.45) is 1.92. The van der Waals surface area contributed by atoms with Gasteiger partial charge in [0.15, 0.2) is 5.69 Å². The topological polar surface area (TPSA) is 90.1 Å². The lowest BCUT2D eigenvalue weighted by Gasteiger charge is -2.31. The zero-order valence-electron chi connectivity index (χ0n) is 16.2. The van der Waals surface area contributed by atoms with Crippen molar-refractivity contribution in [2.24, 2.45) is 5.92 Å². The number of carbonyl (C=O) groups excluding carboxylic acids is 2. The third-order valence-corrected chi connectivity index (χ3v) is 5.37. The van der Waals surface area contributed by atoms with E-state index in [1.54, 1.807) is 0 Å². The number of likely N-dealkylation sites (tertiary alicyclic amines) is 1. The van der Waals surface area contributed by atoms with Gasteiger partial charge in [-0.1, -0.05) is 36.4 Å². The van der Waals surface area contributed by atoms with Crippen molar-refractivity contribution in [3.05, 3.63) is 60.3 Å². The summed E-state index contributed by atoms with van der Waals surface area (Å²) >= 11 is 0. The van der Waals surface area contributed by atoms with E-state index >= 15 is 0 Å². The average Bonchev–Trinajstić information content (AvgIpc) is 3.18. The van der Waals surface area contributed by atoms with Crippen LogP contribution in [0.25, 0.3) is 10.9 Å². The van der Waals surface area contributed by atoms with Crippen LogP contribution in [0.2, 0.25) is 0 Å². The summed E-state index contributed by atoms with van der Waals surface area (Å²) in [4.78, 5) is 26.8. The van der Waals surface area contributed by atoms with E-state index in [9.17, 15) is 9.59 Å². The summed E-state index contributed by atoms with van der Waals surface area (Å²) in [5.41, 5.74) is 2.12. The van der Waals surface area contributed by atoms with Crippen LogP contribution in [0.1, 0.15) is 23.3 Å². The largest absolute Gasteiger partial charge is 0.350 e. The molecule has 0 unspecified atom stereocenters. The Kier molecular flexibility index (Phi) is 5.86. The maximum atomic E-state index is 12.5. The summed E-state index contributed by atoms with van der Waals surface area (Å²) in [5, 5.41) is 13.8. The fraction of sp³-hybridized carbons (Fsp3) is 0.318. The maximum Gasteiger partial charge on any atom is 0.272 e. The van der Waals surface area contributed by atoms with Gasteiger partial charge in [0.1, 0.15) is 0 Å². The number of aromatic nitrogens is 2. The van der Waals surface area contributed by atoms with Gasteiger partial charge in [0.05, 0.1) is 12.1 Å². The number of carbonyl (C=O) groups is 2. The second kappa shape index (κ2) is 8.87. The molecule has 0 aliphatic carbocycles. The summed E-state index contributed by atoms with van der Waals surface area (Å²) < 4.78 is 0. The number of nitrogens with one attached hydrogen (secondary N) is 3. The number of fused-ring (bicyclic) bond motifs is 1. The summed E-state index contributed by atoms with van der Waals surface area (Å²) in [6, 6.07) is 17.1. The van der Waals surface area contributed by atoms with Crippen LogP contribution in [-0.4, -0.2) is 53.1 Å². The fourth-order valence-corrected chi connectivity index (χ4v) is 3.73. The van der Waals surface area contributed by atoms with Crippen molar-refractivity contribution in [3.63, 3.8) is 0 Å². The van der Waals surface area contributed by atoms with Crippen molar-refractivity contribution >= 4 is 28.4 Å². The fourth-order valence-electron chi connectivity index (χ4n) is 3.73. The predicted molar refractivity (Wildman–Crippen MR) is 113 cm³/mol. The van der Waals surface area contributed by atoms with E-state index in [0.717, 1.165) is 42.5 Å². The number of nitrogens with zero attached hydrogens (tertiary/aromatic N) is 2. The number of anilines is 1. The van der Waals surface area contributed by atoms with Gasteiger partial charge in [-0.15, -0.1) is 0 Å². The number of rotatable bonds is 6. The third kappa shape index (κ3) is 4.81. The Morgan fingerprint density at radius 3 is 2.55 bits per heavy atom. The molecule has 1 fully saturated rings. The molecule has 1 aromatic heterocycles. The third-order valence-electron chi connectivity index (χ3n) is 5.37. The molecule has 1 aliphatic rings. The Balaban J connectivity index is 1.21. The molecule has 150 valence electrons. The van der Waals surface area contributed by atoms with Gasteiger partial charge in [-0.25, -0.2) is 0 Å². The van der Waals surface area contributed by atoms with E-state index in [4.69, 9.17) is 0 Å². The lowest BCUT2D eigenvalue weighted by Crippen LogP contribution is -2.41. The zero-order chi connectivity index (χ0) is 20.1. The van der Waals surface area contributed by atoms with Crippen LogP contribution in [-0.2, 0) is 4.79 Å². The number of para-hydroxylation sites is 2. The first-order valence-corrected chi connectivity index (χ1v) is 9.97. The Morgan fingerprint density at radius 1 is 1.03 bits per heavy atom. The Bertz CT molecular complexity index is 977. The quantitative estimate of drug-likeness (QED) is 0.603. The normalized spacial score (nSPS) is 15.3. The molecule has 0 saturated carbocycles. The number of benzene rings is 2. The molecule has 3 aromatic rings. The molecule has 2 aromatic carbocycles. The van der Waals surface area contributed by atoms with E-state index in [2.05, 4.69) is 25.7 Å². The summed E-state index contributed by atoms with van der Waals surface area (Å²) in [7, 11) is 0. The Morgan fingerprint density at radius 2 is 1.76 bits per heavy atom. The van der Waals surface area contributed by atoms with Crippen LogP contribution in [0.15, 0.2) is 54.6 Å². The van der Waals surface area contributed by atoms with Gasteiger partial charge in [0, 0.05) is 17.6 Å². The minimum atomic E-state index is -0.146. The van der Waals surface area contributed by atoms with Crippen LogP contribution in [0, 0.1) is 5.92 Å². The lowest BCUT2D eigenvalue weighted by atomic mass is 9.96. The number of aromatic amines is 1. The summed E-state index contributed by atoms with van der Waals surface area (Å²) in [5.74, 6) is 0.276. The molecule has 0 radical (unpaired) electrons. The molecule has 7 heteroatoms. The highest BCUT2D eigenvalue weighted by Gasteiger charge is 2.22. The Labute approximate surface area is 169 Å². The average molecular weight is 391 g/mol. The van der Waals surface area contributed by atoms with Gasteiger partial charge in [-0.05, 0) is 50.0 Å². The molecule has 2 amide bonds. The van der Waals surface area contributed by atoms with Crippen LogP contribution < -0.4 is 10.6 Å². The molecule has 1 aliphatic heterocycles. The second-order valence-corrected chi connectivity index (χ2v) is 7.46. The molecule has 7 nitrogen and oxygen atoms in total. The molecule has 3 N–H and O–H groups in total. The van der Waals surface area contributed by atoms with Crippen molar-refractivity contribution in [1.29, 1.82) is 0 Å². The van der Waals surface area contributed by atoms with Gasteiger partial charge in [0.2, 0.25) is 5.91 Å². The minimum absolute atomic E-state index is 0.00774. The van der Waals surface area contributed by atoms with Crippen LogP contribution >= 0.6 is 0 Å². The van der Waals surface area contributed by atoms with Crippen LogP contribution in [0.4, 0.5) is 5.69 Å². The van der Waals surface area contributed by atoms with E-state index in [-0.39, 0.29) is 11.8 Å². The number of piperidine rings is 1. The monoisotopic (exact) mass is 391 g/mol. The molecule has 2 heterocycles. The molecule has 0 bridgehead atoms. The van der Waals surface area contributed by atoms with Crippen LogP contribution in [0.3, 0.4) is 0 Å². The van der Waals surface area contributed by atoms with E-state index < -0.39 is 0 Å². The minimum Gasteiger partial charge on any atom is -0.350 e. The number of H-pyrrole nitrogens is 1. The van der Waals surface area contributed by atoms with Crippen molar-refractivity contribution in [2.75, 3.05) is 31.5 Å². The Hall–Kier alpha value is -3.19.